The van der Waals surface area contributed by atoms with Gasteiger partial charge in [-0.3, -0.25) is 9.59 Å². The van der Waals surface area contributed by atoms with E-state index in [1.807, 2.05) is 25.1 Å². The van der Waals surface area contributed by atoms with Crippen LogP contribution < -0.4 is 0 Å². The summed E-state index contributed by atoms with van der Waals surface area (Å²) in [6.45, 7) is 1.58. The molecule has 0 atom stereocenters. The molecule has 24 heavy (non-hydrogen) atoms. The minimum Gasteiger partial charge on any atom is -0.464 e. The Balaban J connectivity index is 1.61. The number of hydrogen-bond acceptors (Lipinski definition) is 4. The monoisotopic (exact) mass is 326 g/mol. The molecule has 0 amide bonds. The Labute approximate surface area is 137 Å². The summed E-state index contributed by atoms with van der Waals surface area (Å²) in [6, 6.07) is 10.8. The third-order valence-electron chi connectivity index (χ3n) is 3.68. The van der Waals surface area contributed by atoms with Gasteiger partial charge in [-0.25, -0.2) is 4.39 Å². The largest absolute Gasteiger partial charge is 0.464 e. The Hall–Kier alpha value is -2.95. The summed E-state index contributed by atoms with van der Waals surface area (Å²) in [5, 5.41) is 0.849. The van der Waals surface area contributed by atoms with Gasteiger partial charge in [-0.1, -0.05) is 12.1 Å². The van der Waals surface area contributed by atoms with Crippen LogP contribution >= 0.6 is 0 Å². The van der Waals surface area contributed by atoms with Crippen molar-refractivity contribution in [3.05, 3.63) is 71.2 Å². The average molecular weight is 326 g/mol. The zero-order valence-corrected chi connectivity index (χ0v) is 13.0. The fourth-order valence-corrected chi connectivity index (χ4v) is 2.40. The van der Waals surface area contributed by atoms with E-state index in [9.17, 15) is 14.0 Å². The standard InChI is InChI=1S/C19H15FO4/c1-12-2-7-16-14(10-23-18(16)8-12)9-19(22)24-11-17(21)13-3-5-15(20)6-4-13/h2-8,10H,9,11H2,1H3. The highest BCUT2D eigenvalue weighted by Crippen LogP contribution is 2.22. The molecule has 1 heterocycles. The first-order valence-corrected chi connectivity index (χ1v) is 7.44. The van der Waals surface area contributed by atoms with Gasteiger partial charge >= 0.3 is 5.97 Å². The fraction of sp³-hybridized carbons (Fsp3) is 0.158. The van der Waals surface area contributed by atoms with Crippen molar-refractivity contribution in [2.24, 2.45) is 0 Å². The van der Waals surface area contributed by atoms with Crippen LogP contribution in [0, 0.1) is 12.7 Å². The number of ether oxygens (including phenoxy) is 1. The summed E-state index contributed by atoms with van der Waals surface area (Å²) in [6.07, 6.45) is 1.54. The Morgan fingerprint density at radius 2 is 1.88 bits per heavy atom. The maximum absolute atomic E-state index is 12.8. The SMILES string of the molecule is Cc1ccc2c(CC(=O)OCC(=O)c3ccc(F)cc3)coc2c1. The number of esters is 1. The number of benzene rings is 2. The van der Waals surface area contributed by atoms with E-state index in [0.29, 0.717) is 16.7 Å². The number of halogens is 1. The highest BCUT2D eigenvalue weighted by Gasteiger charge is 2.14. The molecule has 0 aliphatic carbocycles. The number of aryl methyl sites for hydroxylation is 1. The van der Waals surface area contributed by atoms with E-state index in [2.05, 4.69) is 0 Å². The summed E-state index contributed by atoms with van der Waals surface area (Å²) in [5.41, 5.74) is 2.79. The lowest BCUT2D eigenvalue weighted by atomic mass is 10.1. The van der Waals surface area contributed by atoms with Crippen LogP contribution in [0.1, 0.15) is 21.5 Å². The quantitative estimate of drug-likeness (QED) is 0.528. The zero-order valence-electron chi connectivity index (χ0n) is 13.0. The Kier molecular flexibility index (Phi) is 4.42. The van der Waals surface area contributed by atoms with Gasteiger partial charge in [-0.2, -0.15) is 0 Å². The summed E-state index contributed by atoms with van der Waals surface area (Å²) in [4.78, 5) is 23.8. The Morgan fingerprint density at radius 1 is 1.12 bits per heavy atom. The van der Waals surface area contributed by atoms with Crippen LogP contribution in [0.2, 0.25) is 0 Å². The van der Waals surface area contributed by atoms with Gasteiger partial charge in [0.2, 0.25) is 0 Å². The minimum absolute atomic E-state index is 0.0206. The number of carbonyl (C=O) groups is 2. The molecule has 0 fully saturated rings. The number of ketones is 1. The second-order valence-electron chi connectivity index (χ2n) is 5.53. The molecule has 0 bridgehead atoms. The third-order valence-corrected chi connectivity index (χ3v) is 3.68. The van der Waals surface area contributed by atoms with E-state index < -0.39 is 11.8 Å². The molecule has 5 heteroatoms. The molecule has 0 aliphatic rings. The molecule has 1 aromatic heterocycles. The molecule has 0 spiro atoms. The first-order valence-electron chi connectivity index (χ1n) is 7.44. The van der Waals surface area contributed by atoms with Crippen molar-refractivity contribution in [2.45, 2.75) is 13.3 Å². The summed E-state index contributed by atoms with van der Waals surface area (Å²) in [7, 11) is 0. The van der Waals surface area contributed by atoms with E-state index in [0.717, 1.165) is 10.9 Å². The molecule has 0 aliphatic heterocycles. The lowest BCUT2D eigenvalue weighted by molar-refractivity contribution is -0.141. The molecule has 4 nitrogen and oxygen atoms in total. The first-order chi connectivity index (χ1) is 11.5. The number of Topliss-reactive ketones (excluding diaryl/α,β-unsaturated/α-hetero) is 1. The highest BCUT2D eigenvalue weighted by molar-refractivity contribution is 5.98. The Morgan fingerprint density at radius 3 is 2.62 bits per heavy atom. The van der Waals surface area contributed by atoms with Crippen LogP contribution in [-0.2, 0) is 16.0 Å². The summed E-state index contributed by atoms with van der Waals surface area (Å²) < 4.78 is 23.3. The van der Waals surface area contributed by atoms with Crippen molar-refractivity contribution < 1.29 is 23.1 Å². The molecule has 0 unspecified atom stereocenters. The second kappa shape index (κ2) is 6.66. The molecule has 0 saturated carbocycles. The normalized spacial score (nSPS) is 10.8. The molecule has 0 saturated heterocycles. The van der Waals surface area contributed by atoms with Crippen molar-refractivity contribution in [1.29, 1.82) is 0 Å². The van der Waals surface area contributed by atoms with Crippen LogP contribution in [0.4, 0.5) is 4.39 Å². The molecule has 0 N–H and O–H groups in total. The van der Waals surface area contributed by atoms with Gasteiger partial charge in [0.15, 0.2) is 12.4 Å². The Bertz CT molecular complexity index is 893. The van der Waals surface area contributed by atoms with Crippen molar-refractivity contribution in [1.82, 2.24) is 0 Å². The number of rotatable bonds is 5. The molecular weight excluding hydrogens is 311 g/mol. The van der Waals surface area contributed by atoms with Crippen molar-refractivity contribution in [2.75, 3.05) is 6.61 Å². The van der Waals surface area contributed by atoms with Crippen LogP contribution in [0.3, 0.4) is 0 Å². The fourth-order valence-electron chi connectivity index (χ4n) is 2.40. The van der Waals surface area contributed by atoms with E-state index in [-0.39, 0.29) is 18.8 Å². The second-order valence-corrected chi connectivity index (χ2v) is 5.53. The van der Waals surface area contributed by atoms with Gasteiger partial charge in [0.25, 0.3) is 0 Å². The van der Waals surface area contributed by atoms with Crippen LogP contribution in [0.15, 0.2) is 53.1 Å². The van der Waals surface area contributed by atoms with Gasteiger partial charge in [-0.15, -0.1) is 0 Å². The van der Waals surface area contributed by atoms with Gasteiger partial charge in [-0.05, 0) is 42.8 Å². The predicted octanol–water partition coefficient (Wildman–Crippen LogP) is 3.85. The summed E-state index contributed by atoms with van der Waals surface area (Å²) in [5.74, 6) is -1.32. The molecule has 3 aromatic rings. The number of fused-ring (bicyclic) bond motifs is 1. The lowest BCUT2D eigenvalue weighted by Gasteiger charge is -2.04. The van der Waals surface area contributed by atoms with E-state index >= 15 is 0 Å². The van der Waals surface area contributed by atoms with Crippen molar-refractivity contribution >= 4 is 22.7 Å². The van der Waals surface area contributed by atoms with Crippen LogP contribution in [0.25, 0.3) is 11.0 Å². The van der Waals surface area contributed by atoms with Crippen LogP contribution in [0.5, 0.6) is 0 Å². The first kappa shape index (κ1) is 15.9. The molecular formula is C19H15FO4. The molecule has 0 radical (unpaired) electrons. The van der Waals surface area contributed by atoms with Gasteiger partial charge in [0.1, 0.15) is 11.4 Å². The minimum atomic E-state index is -0.520. The third kappa shape index (κ3) is 3.51. The van der Waals surface area contributed by atoms with E-state index in [1.54, 1.807) is 0 Å². The van der Waals surface area contributed by atoms with Crippen LogP contribution in [-0.4, -0.2) is 18.4 Å². The van der Waals surface area contributed by atoms with Gasteiger partial charge < -0.3 is 9.15 Å². The lowest BCUT2D eigenvalue weighted by Crippen LogP contribution is -2.15. The number of carbonyl (C=O) groups excluding carboxylic acids is 2. The van der Waals surface area contributed by atoms with E-state index in [1.165, 1.54) is 30.5 Å². The highest BCUT2D eigenvalue weighted by atomic mass is 19.1. The number of furan rings is 1. The van der Waals surface area contributed by atoms with Crippen molar-refractivity contribution in [3.63, 3.8) is 0 Å². The molecule has 2 aromatic carbocycles. The predicted molar refractivity (Wildman–Crippen MR) is 86.3 cm³/mol. The van der Waals surface area contributed by atoms with Gasteiger partial charge in [0.05, 0.1) is 12.7 Å². The zero-order chi connectivity index (χ0) is 17.1. The average Bonchev–Trinajstić information content (AvgIpc) is 2.95. The smallest absolute Gasteiger partial charge is 0.310 e. The topological polar surface area (TPSA) is 56.5 Å². The van der Waals surface area contributed by atoms with Crippen molar-refractivity contribution in [3.8, 4) is 0 Å². The van der Waals surface area contributed by atoms with E-state index in [4.69, 9.17) is 9.15 Å². The molecule has 122 valence electrons. The molecule has 3 rings (SSSR count). The maximum Gasteiger partial charge on any atom is 0.310 e. The summed E-state index contributed by atoms with van der Waals surface area (Å²) >= 11 is 0. The van der Waals surface area contributed by atoms with Gasteiger partial charge in [0, 0.05) is 16.5 Å². The maximum atomic E-state index is 12.8. The number of hydrogen-bond donors (Lipinski definition) is 0.